The molecule has 0 unspecified atom stereocenters. The van der Waals surface area contributed by atoms with E-state index in [-0.39, 0.29) is 0 Å². The van der Waals surface area contributed by atoms with E-state index in [2.05, 4.69) is 33.0 Å². The predicted octanol–water partition coefficient (Wildman–Crippen LogP) is 3.76. The molecule has 0 bridgehead atoms. The molecule has 0 radical (unpaired) electrons. The van der Waals surface area contributed by atoms with Crippen molar-refractivity contribution in [3.8, 4) is 11.5 Å². The maximum Gasteiger partial charge on any atom is 0.227 e. The van der Waals surface area contributed by atoms with Gasteiger partial charge in [0.2, 0.25) is 5.89 Å². The standard InChI is InChI=1S/C15H13BrN2O/c16-12-5-6-14-13(9-12)18-15(19-14)11-3-1-10(2-4-11)7-8-17/h1-6,9H,7-8,17H2. The Bertz CT molecular complexity index is 704. The minimum atomic E-state index is 0.646. The van der Waals surface area contributed by atoms with Crippen LogP contribution in [0.4, 0.5) is 0 Å². The fourth-order valence-corrected chi connectivity index (χ4v) is 2.35. The quantitative estimate of drug-likeness (QED) is 0.800. The van der Waals surface area contributed by atoms with Crippen molar-refractivity contribution in [1.82, 2.24) is 4.98 Å². The van der Waals surface area contributed by atoms with Crippen LogP contribution in [0.5, 0.6) is 0 Å². The first-order chi connectivity index (χ1) is 9.26. The molecular formula is C15H13BrN2O. The van der Waals surface area contributed by atoms with Crippen molar-refractivity contribution in [2.24, 2.45) is 5.73 Å². The van der Waals surface area contributed by atoms with E-state index in [0.717, 1.165) is 27.6 Å². The van der Waals surface area contributed by atoms with Crippen molar-refractivity contribution >= 4 is 27.0 Å². The Balaban J connectivity index is 1.99. The summed E-state index contributed by atoms with van der Waals surface area (Å²) < 4.78 is 6.75. The predicted molar refractivity (Wildman–Crippen MR) is 79.9 cm³/mol. The van der Waals surface area contributed by atoms with Crippen LogP contribution in [-0.2, 0) is 6.42 Å². The van der Waals surface area contributed by atoms with Crippen molar-refractivity contribution in [1.29, 1.82) is 0 Å². The Kier molecular flexibility index (Phi) is 3.36. The lowest BCUT2D eigenvalue weighted by atomic mass is 10.1. The molecule has 0 spiro atoms. The van der Waals surface area contributed by atoms with E-state index in [0.29, 0.717) is 12.4 Å². The molecule has 3 nitrogen and oxygen atoms in total. The van der Waals surface area contributed by atoms with Gasteiger partial charge in [-0.15, -0.1) is 0 Å². The van der Waals surface area contributed by atoms with E-state index in [4.69, 9.17) is 10.2 Å². The molecule has 0 saturated carbocycles. The van der Waals surface area contributed by atoms with Gasteiger partial charge >= 0.3 is 0 Å². The number of hydrogen-bond donors (Lipinski definition) is 1. The molecule has 0 aliphatic carbocycles. The van der Waals surface area contributed by atoms with Gasteiger partial charge in [0, 0.05) is 10.0 Å². The fraction of sp³-hybridized carbons (Fsp3) is 0.133. The zero-order valence-corrected chi connectivity index (χ0v) is 11.9. The summed E-state index contributed by atoms with van der Waals surface area (Å²) in [6, 6.07) is 14.0. The van der Waals surface area contributed by atoms with Gasteiger partial charge in [-0.3, -0.25) is 0 Å². The summed E-state index contributed by atoms with van der Waals surface area (Å²) in [7, 11) is 0. The largest absolute Gasteiger partial charge is 0.436 e. The van der Waals surface area contributed by atoms with Crippen LogP contribution in [-0.4, -0.2) is 11.5 Å². The van der Waals surface area contributed by atoms with Crippen molar-refractivity contribution in [2.45, 2.75) is 6.42 Å². The Labute approximate surface area is 119 Å². The lowest BCUT2D eigenvalue weighted by Crippen LogP contribution is -2.02. The van der Waals surface area contributed by atoms with Gasteiger partial charge in [0.15, 0.2) is 5.58 Å². The fourth-order valence-electron chi connectivity index (χ4n) is 2.00. The molecule has 0 aliphatic heterocycles. The van der Waals surface area contributed by atoms with E-state index in [1.54, 1.807) is 0 Å². The Morgan fingerprint density at radius 2 is 1.89 bits per heavy atom. The first kappa shape index (κ1) is 12.4. The first-order valence-corrected chi connectivity index (χ1v) is 6.91. The second-order valence-electron chi connectivity index (χ2n) is 4.37. The molecule has 3 rings (SSSR count). The normalized spacial score (nSPS) is 11.1. The second-order valence-corrected chi connectivity index (χ2v) is 5.28. The lowest BCUT2D eigenvalue weighted by molar-refractivity contribution is 0.620. The smallest absolute Gasteiger partial charge is 0.227 e. The molecular weight excluding hydrogens is 304 g/mol. The SMILES string of the molecule is NCCc1ccc(-c2nc3cc(Br)ccc3o2)cc1. The van der Waals surface area contributed by atoms with Gasteiger partial charge in [0.1, 0.15) is 5.52 Å². The maximum atomic E-state index is 5.75. The van der Waals surface area contributed by atoms with Gasteiger partial charge in [0.05, 0.1) is 0 Å². The highest BCUT2D eigenvalue weighted by Gasteiger charge is 2.08. The van der Waals surface area contributed by atoms with E-state index in [9.17, 15) is 0 Å². The number of fused-ring (bicyclic) bond motifs is 1. The van der Waals surface area contributed by atoms with Gasteiger partial charge in [-0.05, 0) is 48.9 Å². The van der Waals surface area contributed by atoms with E-state index in [1.807, 2.05) is 30.3 Å². The molecule has 1 heterocycles. The van der Waals surface area contributed by atoms with Gasteiger partial charge in [-0.25, -0.2) is 4.98 Å². The molecule has 0 atom stereocenters. The third-order valence-electron chi connectivity index (χ3n) is 2.98. The Morgan fingerprint density at radius 3 is 2.63 bits per heavy atom. The average Bonchev–Trinajstić information content (AvgIpc) is 2.83. The number of aromatic nitrogens is 1. The average molecular weight is 317 g/mol. The van der Waals surface area contributed by atoms with Crippen molar-refractivity contribution in [2.75, 3.05) is 6.54 Å². The first-order valence-electron chi connectivity index (χ1n) is 6.12. The molecule has 0 saturated heterocycles. The number of oxazole rings is 1. The van der Waals surface area contributed by atoms with E-state index < -0.39 is 0 Å². The van der Waals surface area contributed by atoms with Crippen LogP contribution in [0, 0.1) is 0 Å². The summed E-state index contributed by atoms with van der Waals surface area (Å²) in [5.74, 6) is 0.646. The van der Waals surface area contributed by atoms with Crippen LogP contribution in [0.1, 0.15) is 5.56 Å². The van der Waals surface area contributed by atoms with Crippen LogP contribution in [0.15, 0.2) is 51.4 Å². The molecule has 2 aromatic carbocycles. The third kappa shape index (κ3) is 2.55. The van der Waals surface area contributed by atoms with Crippen LogP contribution in [0.2, 0.25) is 0 Å². The Hall–Kier alpha value is -1.65. The highest BCUT2D eigenvalue weighted by atomic mass is 79.9. The highest BCUT2D eigenvalue weighted by molar-refractivity contribution is 9.10. The van der Waals surface area contributed by atoms with Crippen molar-refractivity contribution < 1.29 is 4.42 Å². The summed E-state index contributed by atoms with van der Waals surface area (Å²) >= 11 is 3.43. The van der Waals surface area contributed by atoms with E-state index >= 15 is 0 Å². The molecule has 1 aromatic heterocycles. The summed E-state index contributed by atoms with van der Waals surface area (Å²) in [6.45, 7) is 0.663. The van der Waals surface area contributed by atoms with E-state index in [1.165, 1.54) is 5.56 Å². The monoisotopic (exact) mass is 316 g/mol. The summed E-state index contributed by atoms with van der Waals surface area (Å²) in [6.07, 6.45) is 0.890. The van der Waals surface area contributed by atoms with Crippen molar-refractivity contribution in [3.63, 3.8) is 0 Å². The molecule has 96 valence electrons. The second kappa shape index (κ2) is 5.15. The van der Waals surface area contributed by atoms with Gasteiger partial charge in [-0.1, -0.05) is 28.1 Å². The van der Waals surface area contributed by atoms with Gasteiger partial charge in [0.25, 0.3) is 0 Å². The molecule has 0 fully saturated rings. The van der Waals surface area contributed by atoms with Crippen LogP contribution in [0.25, 0.3) is 22.6 Å². The molecule has 3 aromatic rings. The van der Waals surface area contributed by atoms with Crippen molar-refractivity contribution in [3.05, 3.63) is 52.5 Å². The number of hydrogen-bond acceptors (Lipinski definition) is 3. The summed E-state index contributed by atoms with van der Waals surface area (Å²) in [5.41, 5.74) is 9.40. The molecule has 0 amide bonds. The lowest BCUT2D eigenvalue weighted by Gasteiger charge is -1.99. The van der Waals surface area contributed by atoms with Gasteiger partial charge < -0.3 is 10.2 Å². The summed E-state index contributed by atoms with van der Waals surface area (Å²) in [5, 5.41) is 0. The Morgan fingerprint density at radius 1 is 1.11 bits per heavy atom. The highest BCUT2D eigenvalue weighted by Crippen LogP contribution is 2.26. The number of halogens is 1. The maximum absolute atomic E-state index is 5.75. The molecule has 19 heavy (non-hydrogen) atoms. The number of nitrogens with two attached hydrogens (primary N) is 1. The van der Waals surface area contributed by atoms with Crippen LogP contribution in [0.3, 0.4) is 0 Å². The molecule has 2 N–H and O–H groups in total. The molecule has 0 aliphatic rings. The topological polar surface area (TPSA) is 52.0 Å². The zero-order chi connectivity index (χ0) is 13.2. The van der Waals surface area contributed by atoms with Crippen LogP contribution >= 0.6 is 15.9 Å². The number of rotatable bonds is 3. The zero-order valence-electron chi connectivity index (χ0n) is 10.3. The number of nitrogens with zero attached hydrogens (tertiary/aromatic N) is 1. The molecule has 4 heteroatoms. The summed E-state index contributed by atoms with van der Waals surface area (Å²) in [4.78, 5) is 4.50. The number of benzene rings is 2. The minimum absolute atomic E-state index is 0.646. The van der Waals surface area contributed by atoms with Gasteiger partial charge in [-0.2, -0.15) is 0 Å². The van der Waals surface area contributed by atoms with Crippen LogP contribution < -0.4 is 5.73 Å². The minimum Gasteiger partial charge on any atom is -0.436 e. The third-order valence-corrected chi connectivity index (χ3v) is 3.48.